The second-order valence-electron chi connectivity index (χ2n) is 5.92. The number of benzene rings is 1. The highest BCUT2D eigenvalue weighted by Crippen LogP contribution is 2.53. The van der Waals surface area contributed by atoms with Crippen LogP contribution >= 0.6 is 12.2 Å². The number of nitrogens with zero attached hydrogens (tertiary/aromatic N) is 1. The number of hydrogen-bond acceptors (Lipinski definition) is 2. The van der Waals surface area contributed by atoms with E-state index in [1.54, 1.807) is 7.11 Å². The molecule has 1 aromatic carbocycles. The molecule has 1 aliphatic carbocycles. The van der Waals surface area contributed by atoms with Crippen LogP contribution in [0.1, 0.15) is 26.7 Å². The third kappa shape index (κ3) is 2.08. The molecule has 1 aromatic heterocycles. The molecule has 0 bridgehead atoms. The third-order valence-corrected chi connectivity index (χ3v) is 4.89. The number of imidazole rings is 1. The van der Waals surface area contributed by atoms with Gasteiger partial charge in [0.1, 0.15) is 5.75 Å². The summed E-state index contributed by atoms with van der Waals surface area (Å²) in [5.41, 5.74) is 2.68. The van der Waals surface area contributed by atoms with Gasteiger partial charge in [0.25, 0.3) is 0 Å². The maximum atomic E-state index is 5.48. The van der Waals surface area contributed by atoms with Crippen LogP contribution in [0.25, 0.3) is 11.0 Å². The lowest BCUT2D eigenvalue weighted by Gasteiger charge is -2.20. The summed E-state index contributed by atoms with van der Waals surface area (Å²) in [6, 6.07) is 6.07. The first-order valence-corrected chi connectivity index (χ1v) is 7.23. The molecule has 1 N–H and O–H groups in total. The molecule has 0 atom stereocenters. The van der Waals surface area contributed by atoms with Gasteiger partial charge < -0.3 is 14.3 Å². The van der Waals surface area contributed by atoms with Crippen molar-refractivity contribution in [1.82, 2.24) is 9.55 Å². The number of rotatable bonds is 4. The average Bonchev–Trinajstić information content (AvgIpc) is 3.11. The SMILES string of the molecule is COc1ccc2[nH]c(=S)n(CC3(C(C)C)CC3)c2c1. The lowest BCUT2D eigenvalue weighted by atomic mass is 9.92. The lowest BCUT2D eigenvalue weighted by Crippen LogP contribution is -2.17. The van der Waals surface area contributed by atoms with Crippen LogP contribution in [0.2, 0.25) is 0 Å². The van der Waals surface area contributed by atoms with Gasteiger partial charge in [-0.25, -0.2) is 0 Å². The van der Waals surface area contributed by atoms with E-state index in [2.05, 4.69) is 29.5 Å². The summed E-state index contributed by atoms with van der Waals surface area (Å²) in [5, 5.41) is 0. The molecular formula is C15H20N2OS. The second kappa shape index (κ2) is 4.37. The molecule has 0 spiro atoms. The van der Waals surface area contributed by atoms with Crippen molar-refractivity contribution in [2.75, 3.05) is 7.11 Å². The fourth-order valence-electron chi connectivity index (χ4n) is 2.81. The quantitative estimate of drug-likeness (QED) is 0.850. The van der Waals surface area contributed by atoms with E-state index in [4.69, 9.17) is 17.0 Å². The maximum absolute atomic E-state index is 5.48. The fourth-order valence-corrected chi connectivity index (χ4v) is 3.08. The molecule has 0 amide bonds. The van der Waals surface area contributed by atoms with E-state index in [1.807, 2.05) is 12.1 Å². The number of aromatic amines is 1. The van der Waals surface area contributed by atoms with Gasteiger partial charge in [0.15, 0.2) is 4.77 Å². The van der Waals surface area contributed by atoms with Crippen molar-refractivity contribution in [2.24, 2.45) is 11.3 Å². The molecule has 0 radical (unpaired) electrons. The van der Waals surface area contributed by atoms with E-state index in [-0.39, 0.29) is 0 Å². The molecular weight excluding hydrogens is 256 g/mol. The van der Waals surface area contributed by atoms with Crippen molar-refractivity contribution in [1.29, 1.82) is 0 Å². The molecule has 3 rings (SSSR count). The largest absolute Gasteiger partial charge is 0.497 e. The fraction of sp³-hybridized carbons (Fsp3) is 0.533. The van der Waals surface area contributed by atoms with Gasteiger partial charge in [-0.3, -0.25) is 0 Å². The number of H-pyrrole nitrogens is 1. The number of methoxy groups -OCH3 is 1. The first-order valence-electron chi connectivity index (χ1n) is 6.82. The Morgan fingerprint density at radius 1 is 1.42 bits per heavy atom. The standard InChI is InChI=1S/C15H20N2OS/c1-10(2)15(6-7-15)9-17-13-8-11(18-3)4-5-12(13)16-14(17)19/h4-5,8,10H,6-7,9H2,1-3H3,(H,16,19). The Labute approximate surface area is 118 Å². The Kier molecular flexibility index (Phi) is 2.93. The van der Waals surface area contributed by atoms with Crippen molar-refractivity contribution in [2.45, 2.75) is 33.2 Å². The number of aromatic nitrogens is 2. The first-order chi connectivity index (χ1) is 9.05. The topological polar surface area (TPSA) is 29.9 Å². The highest BCUT2D eigenvalue weighted by atomic mass is 32.1. The highest BCUT2D eigenvalue weighted by Gasteiger charge is 2.45. The van der Waals surface area contributed by atoms with Gasteiger partial charge in [-0.1, -0.05) is 13.8 Å². The summed E-state index contributed by atoms with van der Waals surface area (Å²) in [6.45, 7) is 5.63. The summed E-state index contributed by atoms with van der Waals surface area (Å²) in [5.74, 6) is 1.58. The van der Waals surface area contributed by atoms with E-state index in [0.717, 1.165) is 28.1 Å². The van der Waals surface area contributed by atoms with Gasteiger partial charge in [0.2, 0.25) is 0 Å². The van der Waals surface area contributed by atoms with Crippen LogP contribution in [0.3, 0.4) is 0 Å². The zero-order valence-corrected chi connectivity index (χ0v) is 12.5. The van der Waals surface area contributed by atoms with E-state index in [0.29, 0.717) is 11.3 Å². The Morgan fingerprint density at radius 2 is 2.16 bits per heavy atom. The number of fused-ring (bicyclic) bond motifs is 1. The summed E-state index contributed by atoms with van der Waals surface area (Å²) in [4.78, 5) is 3.29. The molecule has 1 fully saturated rings. The monoisotopic (exact) mass is 276 g/mol. The van der Waals surface area contributed by atoms with E-state index < -0.39 is 0 Å². The van der Waals surface area contributed by atoms with Gasteiger partial charge in [-0.2, -0.15) is 0 Å². The normalized spacial score (nSPS) is 17.1. The van der Waals surface area contributed by atoms with Crippen molar-refractivity contribution < 1.29 is 4.74 Å². The van der Waals surface area contributed by atoms with Crippen LogP contribution in [0.4, 0.5) is 0 Å². The molecule has 19 heavy (non-hydrogen) atoms. The van der Waals surface area contributed by atoms with Crippen molar-refractivity contribution in [3.63, 3.8) is 0 Å². The molecule has 1 saturated carbocycles. The Bertz CT molecular complexity index is 664. The third-order valence-electron chi connectivity index (χ3n) is 4.57. The van der Waals surface area contributed by atoms with Crippen LogP contribution in [0.15, 0.2) is 18.2 Å². The molecule has 3 nitrogen and oxygen atoms in total. The average molecular weight is 276 g/mol. The summed E-state index contributed by atoms with van der Waals surface area (Å²) < 4.78 is 8.37. The first kappa shape index (κ1) is 12.7. The Morgan fingerprint density at radius 3 is 2.74 bits per heavy atom. The predicted octanol–water partition coefficient (Wildman–Crippen LogP) is 4.14. The number of ether oxygens (including phenoxy) is 1. The van der Waals surface area contributed by atoms with Gasteiger partial charge in [0.05, 0.1) is 18.1 Å². The summed E-state index contributed by atoms with van der Waals surface area (Å²) >= 11 is 5.48. The molecule has 2 aromatic rings. The summed E-state index contributed by atoms with van der Waals surface area (Å²) in [6.07, 6.45) is 2.62. The van der Waals surface area contributed by atoms with Gasteiger partial charge in [0, 0.05) is 12.6 Å². The molecule has 102 valence electrons. The van der Waals surface area contributed by atoms with E-state index >= 15 is 0 Å². The van der Waals surface area contributed by atoms with Crippen LogP contribution in [-0.4, -0.2) is 16.7 Å². The number of hydrogen-bond donors (Lipinski definition) is 1. The molecule has 1 aliphatic rings. The van der Waals surface area contributed by atoms with E-state index in [9.17, 15) is 0 Å². The second-order valence-corrected chi connectivity index (χ2v) is 6.30. The van der Waals surface area contributed by atoms with Crippen molar-refractivity contribution >= 4 is 23.3 Å². The van der Waals surface area contributed by atoms with Gasteiger partial charge in [-0.15, -0.1) is 0 Å². The minimum absolute atomic E-state index is 0.441. The van der Waals surface area contributed by atoms with Crippen LogP contribution in [0, 0.1) is 16.1 Å². The zero-order valence-electron chi connectivity index (χ0n) is 11.7. The lowest BCUT2D eigenvalue weighted by molar-refractivity contribution is 0.311. The molecule has 1 heterocycles. The smallest absolute Gasteiger partial charge is 0.178 e. The maximum Gasteiger partial charge on any atom is 0.178 e. The summed E-state index contributed by atoms with van der Waals surface area (Å²) in [7, 11) is 1.70. The molecule has 0 aliphatic heterocycles. The Hall–Kier alpha value is -1.29. The van der Waals surface area contributed by atoms with E-state index in [1.165, 1.54) is 12.8 Å². The zero-order chi connectivity index (χ0) is 13.6. The minimum atomic E-state index is 0.441. The van der Waals surface area contributed by atoms with Gasteiger partial charge >= 0.3 is 0 Å². The van der Waals surface area contributed by atoms with Crippen molar-refractivity contribution in [3.8, 4) is 5.75 Å². The van der Waals surface area contributed by atoms with Gasteiger partial charge in [-0.05, 0) is 48.5 Å². The Balaban J connectivity index is 2.07. The predicted molar refractivity (Wildman–Crippen MR) is 80.2 cm³/mol. The van der Waals surface area contributed by atoms with Crippen molar-refractivity contribution in [3.05, 3.63) is 23.0 Å². The van der Waals surface area contributed by atoms with Crippen LogP contribution < -0.4 is 4.74 Å². The minimum Gasteiger partial charge on any atom is -0.497 e. The highest BCUT2D eigenvalue weighted by molar-refractivity contribution is 7.71. The molecule has 4 heteroatoms. The van der Waals surface area contributed by atoms with Crippen LogP contribution in [0.5, 0.6) is 5.75 Å². The number of nitrogens with one attached hydrogen (secondary N) is 1. The molecule has 0 unspecified atom stereocenters. The van der Waals surface area contributed by atoms with Crippen LogP contribution in [-0.2, 0) is 6.54 Å². The molecule has 0 saturated heterocycles.